The lowest BCUT2D eigenvalue weighted by atomic mass is 10.2. The molecule has 0 aliphatic rings. The van der Waals surface area contributed by atoms with Gasteiger partial charge in [0.15, 0.2) is 0 Å². The summed E-state index contributed by atoms with van der Waals surface area (Å²) in [7, 11) is -4.08. The molecule has 26 heavy (non-hydrogen) atoms. The van der Waals surface area contributed by atoms with E-state index >= 15 is 0 Å². The van der Waals surface area contributed by atoms with Crippen molar-refractivity contribution in [3.63, 3.8) is 0 Å². The van der Waals surface area contributed by atoms with Gasteiger partial charge in [0.25, 0.3) is 10.0 Å². The summed E-state index contributed by atoms with van der Waals surface area (Å²) < 4.78 is 72.5. The summed E-state index contributed by atoms with van der Waals surface area (Å²) in [6, 6.07) is 10.8. The molecule has 0 amide bonds. The molecule has 3 aromatic rings. The van der Waals surface area contributed by atoms with Crippen LogP contribution in [0.4, 0.5) is 18.9 Å². The standard InChI is InChI=1S/C16H10F3NO5S/c17-16(18,19)25-12-3-1-2-11(9-12)20-26(22,23)13-5-6-14-10(8-13)4-7-15(21)24-14/h1-9,20H. The third-order valence-corrected chi connectivity index (χ3v) is 4.60. The molecule has 1 aromatic heterocycles. The number of ether oxygens (including phenoxy) is 1. The first-order valence-corrected chi connectivity index (χ1v) is 8.53. The Kier molecular flexibility index (Phi) is 4.36. The van der Waals surface area contributed by atoms with Crippen LogP contribution in [0.1, 0.15) is 0 Å². The summed E-state index contributed by atoms with van der Waals surface area (Å²) in [4.78, 5) is 11.0. The number of rotatable bonds is 4. The topological polar surface area (TPSA) is 85.6 Å². The van der Waals surface area contributed by atoms with Gasteiger partial charge in [-0.25, -0.2) is 13.2 Å². The van der Waals surface area contributed by atoms with Crippen molar-refractivity contribution in [1.29, 1.82) is 0 Å². The fraction of sp³-hybridized carbons (Fsp3) is 0.0625. The van der Waals surface area contributed by atoms with Crippen LogP contribution < -0.4 is 15.1 Å². The smallest absolute Gasteiger partial charge is 0.423 e. The molecule has 0 spiro atoms. The highest BCUT2D eigenvalue weighted by Gasteiger charge is 2.31. The maximum atomic E-state index is 12.4. The Morgan fingerprint density at radius 3 is 2.50 bits per heavy atom. The molecule has 0 saturated carbocycles. The molecule has 136 valence electrons. The van der Waals surface area contributed by atoms with Crippen LogP contribution in [0.3, 0.4) is 0 Å². The molecule has 0 fully saturated rings. The SMILES string of the molecule is O=c1ccc2cc(S(=O)(=O)Nc3cccc(OC(F)(F)F)c3)ccc2o1. The number of fused-ring (bicyclic) bond motifs is 1. The number of benzene rings is 2. The van der Waals surface area contributed by atoms with Crippen LogP contribution in [0.15, 0.2) is 68.7 Å². The van der Waals surface area contributed by atoms with Crippen LogP contribution in [0.5, 0.6) is 5.75 Å². The molecule has 0 unspecified atom stereocenters. The number of anilines is 1. The first-order chi connectivity index (χ1) is 12.1. The van der Waals surface area contributed by atoms with Gasteiger partial charge in [-0.1, -0.05) is 6.07 Å². The average Bonchev–Trinajstić information content (AvgIpc) is 2.52. The van der Waals surface area contributed by atoms with Crippen molar-refractivity contribution in [2.75, 3.05) is 4.72 Å². The Labute approximate surface area is 144 Å². The normalized spacial score (nSPS) is 12.1. The summed E-state index contributed by atoms with van der Waals surface area (Å²) in [5.74, 6) is -0.557. The highest BCUT2D eigenvalue weighted by Crippen LogP contribution is 2.27. The molecule has 2 aromatic carbocycles. The second kappa shape index (κ2) is 6.37. The van der Waals surface area contributed by atoms with Gasteiger partial charge in [0.2, 0.25) is 0 Å². The number of hydrogen-bond acceptors (Lipinski definition) is 5. The van der Waals surface area contributed by atoms with Gasteiger partial charge in [-0.2, -0.15) is 0 Å². The van der Waals surface area contributed by atoms with Gasteiger partial charge < -0.3 is 9.15 Å². The Balaban J connectivity index is 1.90. The molecule has 0 radical (unpaired) electrons. The summed E-state index contributed by atoms with van der Waals surface area (Å²) in [6.45, 7) is 0. The van der Waals surface area contributed by atoms with Crippen LogP contribution in [0.25, 0.3) is 11.0 Å². The molecule has 1 heterocycles. The molecular weight excluding hydrogens is 375 g/mol. The van der Waals surface area contributed by atoms with Crippen molar-refractivity contribution in [3.05, 3.63) is 65.0 Å². The van der Waals surface area contributed by atoms with E-state index < -0.39 is 27.8 Å². The van der Waals surface area contributed by atoms with Crippen molar-refractivity contribution in [3.8, 4) is 5.75 Å². The minimum atomic E-state index is -4.89. The van der Waals surface area contributed by atoms with Crippen LogP contribution in [-0.4, -0.2) is 14.8 Å². The predicted octanol–water partition coefficient (Wildman–Crippen LogP) is 3.49. The fourth-order valence-corrected chi connectivity index (χ4v) is 3.27. The maximum Gasteiger partial charge on any atom is 0.573 e. The minimum Gasteiger partial charge on any atom is -0.423 e. The third kappa shape index (κ3) is 4.14. The van der Waals surface area contributed by atoms with E-state index in [-0.39, 0.29) is 16.2 Å². The van der Waals surface area contributed by atoms with E-state index in [1.54, 1.807) is 0 Å². The van der Waals surface area contributed by atoms with Crippen molar-refractivity contribution in [2.24, 2.45) is 0 Å². The van der Waals surface area contributed by atoms with Crippen molar-refractivity contribution in [1.82, 2.24) is 0 Å². The molecule has 0 atom stereocenters. The van der Waals surface area contributed by atoms with Crippen molar-refractivity contribution in [2.45, 2.75) is 11.3 Å². The highest BCUT2D eigenvalue weighted by atomic mass is 32.2. The molecule has 0 aliphatic heterocycles. The van der Waals surface area contributed by atoms with Gasteiger partial charge in [0.05, 0.1) is 10.6 Å². The number of halogens is 3. The molecule has 0 saturated heterocycles. The monoisotopic (exact) mass is 385 g/mol. The molecule has 6 nitrogen and oxygen atoms in total. The molecule has 10 heteroatoms. The molecule has 0 aliphatic carbocycles. The van der Waals surface area contributed by atoms with E-state index in [2.05, 4.69) is 9.46 Å². The van der Waals surface area contributed by atoms with E-state index in [4.69, 9.17) is 4.42 Å². The van der Waals surface area contributed by atoms with E-state index in [0.29, 0.717) is 5.39 Å². The van der Waals surface area contributed by atoms with E-state index in [0.717, 1.165) is 18.2 Å². The lowest BCUT2D eigenvalue weighted by Crippen LogP contribution is -2.17. The summed E-state index contributed by atoms with van der Waals surface area (Å²) in [5, 5.41) is 0.377. The lowest BCUT2D eigenvalue weighted by molar-refractivity contribution is -0.274. The van der Waals surface area contributed by atoms with Gasteiger partial charge in [0, 0.05) is 17.5 Å². The molecule has 0 bridgehead atoms. The van der Waals surface area contributed by atoms with Gasteiger partial charge in [-0.15, -0.1) is 13.2 Å². The summed E-state index contributed by atoms with van der Waals surface area (Å²) >= 11 is 0. The van der Waals surface area contributed by atoms with Gasteiger partial charge >= 0.3 is 12.0 Å². The predicted molar refractivity (Wildman–Crippen MR) is 86.4 cm³/mol. The van der Waals surface area contributed by atoms with Crippen LogP contribution in [-0.2, 0) is 10.0 Å². The zero-order valence-electron chi connectivity index (χ0n) is 12.8. The van der Waals surface area contributed by atoms with Gasteiger partial charge in [-0.3, -0.25) is 4.72 Å². The number of nitrogens with one attached hydrogen (secondary N) is 1. The Bertz CT molecular complexity index is 1120. The van der Waals surface area contributed by atoms with E-state index in [1.165, 1.54) is 36.4 Å². The summed E-state index contributed by atoms with van der Waals surface area (Å²) in [6.07, 6.45) is -4.89. The Morgan fingerprint density at radius 2 is 1.77 bits per heavy atom. The van der Waals surface area contributed by atoms with Crippen molar-refractivity contribution >= 4 is 26.7 Å². The highest BCUT2D eigenvalue weighted by molar-refractivity contribution is 7.92. The molecule has 1 N–H and O–H groups in total. The van der Waals surface area contributed by atoms with Crippen molar-refractivity contribution < 1.29 is 30.7 Å². The van der Waals surface area contributed by atoms with E-state index in [9.17, 15) is 26.4 Å². The second-order valence-corrected chi connectivity index (χ2v) is 6.82. The summed E-state index contributed by atoms with van der Waals surface area (Å²) in [5.41, 5.74) is -0.476. The number of alkyl halides is 3. The zero-order valence-corrected chi connectivity index (χ0v) is 13.6. The van der Waals surface area contributed by atoms with Crippen LogP contribution in [0.2, 0.25) is 0 Å². The zero-order chi connectivity index (χ0) is 18.9. The second-order valence-electron chi connectivity index (χ2n) is 5.14. The largest absolute Gasteiger partial charge is 0.573 e. The quantitative estimate of drug-likeness (QED) is 0.695. The van der Waals surface area contributed by atoms with Crippen LogP contribution >= 0.6 is 0 Å². The van der Waals surface area contributed by atoms with E-state index in [1.807, 2.05) is 0 Å². The van der Waals surface area contributed by atoms with Gasteiger partial charge in [-0.05, 0) is 36.4 Å². The maximum absolute atomic E-state index is 12.4. The first kappa shape index (κ1) is 17.8. The first-order valence-electron chi connectivity index (χ1n) is 7.05. The average molecular weight is 385 g/mol. The van der Waals surface area contributed by atoms with Gasteiger partial charge in [0.1, 0.15) is 11.3 Å². The lowest BCUT2D eigenvalue weighted by Gasteiger charge is -2.12. The number of hydrogen-bond donors (Lipinski definition) is 1. The third-order valence-electron chi connectivity index (χ3n) is 3.22. The molecule has 3 rings (SSSR count). The number of sulfonamides is 1. The molecular formula is C16H10F3NO5S. The van der Waals surface area contributed by atoms with Crippen LogP contribution in [0, 0.1) is 0 Å². The fourth-order valence-electron chi connectivity index (χ4n) is 2.19. The Hall–Kier alpha value is -3.01. The Morgan fingerprint density at radius 1 is 1.00 bits per heavy atom. The minimum absolute atomic E-state index is 0.105.